The highest BCUT2D eigenvalue weighted by atomic mass is 32.2. The highest BCUT2D eigenvalue weighted by Crippen LogP contribution is 2.29. The molecule has 2 aliphatic rings. The molecule has 8 heteroatoms. The van der Waals surface area contributed by atoms with E-state index in [1.54, 1.807) is 17.5 Å². The first kappa shape index (κ1) is 24.5. The molecule has 0 aliphatic carbocycles. The number of benzene rings is 2. The van der Waals surface area contributed by atoms with E-state index in [4.69, 9.17) is 4.74 Å². The summed E-state index contributed by atoms with van der Waals surface area (Å²) in [6.07, 6.45) is 1.74. The van der Waals surface area contributed by atoms with Crippen LogP contribution in [0.5, 0.6) is 5.75 Å². The number of piperidine rings is 1. The molecule has 7 nitrogen and oxygen atoms in total. The summed E-state index contributed by atoms with van der Waals surface area (Å²) in [4.78, 5) is 17.7. The molecule has 2 heterocycles. The first-order valence-corrected chi connectivity index (χ1v) is 13.4. The third-order valence-corrected chi connectivity index (χ3v) is 9.24. The van der Waals surface area contributed by atoms with Gasteiger partial charge in [-0.3, -0.25) is 4.79 Å². The third-order valence-electron chi connectivity index (χ3n) is 7.21. The smallest absolute Gasteiger partial charge is 0.254 e. The summed E-state index contributed by atoms with van der Waals surface area (Å²) in [6, 6.07) is 11.3. The SMILES string of the molecule is COc1cccc(N2CCN(C(=O)c3cc(C)c(C)c(S(=O)(=O)N4CCC(C)CC4)c3)CC2)c1. The first-order chi connectivity index (χ1) is 16.2. The predicted molar refractivity (Wildman–Crippen MR) is 134 cm³/mol. The van der Waals surface area contributed by atoms with E-state index in [-0.39, 0.29) is 10.8 Å². The topological polar surface area (TPSA) is 70.2 Å². The summed E-state index contributed by atoms with van der Waals surface area (Å²) in [5.74, 6) is 1.23. The average molecular weight is 486 g/mol. The molecule has 2 aliphatic heterocycles. The number of amides is 1. The molecule has 0 bridgehead atoms. The van der Waals surface area contributed by atoms with Crippen LogP contribution < -0.4 is 9.64 Å². The number of carbonyl (C=O) groups is 1. The predicted octanol–water partition coefficient (Wildman–Crippen LogP) is 3.70. The second kappa shape index (κ2) is 9.96. The van der Waals surface area contributed by atoms with Crippen molar-refractivity contribution >= 4 is 21.6 Å². The van der Waals surface area contributed by atoms with E-state index in [1.165, 1.54) is 0 Å². The molecule has 184 valence electrons. The molecule has 0 spiro atoms. The van der Waals surface area contributed by atoms with Crippen molar-refractivity contribution in [2.75, 3.05) is 51.3 Å². The lowest BCUT2D eigenvalue weighted by Gasteiger charge is -2.36. The Balaban J connectivity index is 1.51. The Bertz CT molecular complexity index is 1150. The number of rotatable bonds is 5. The number of nitrogens with zero attached hydrogens (tertiary/aromatic N) is 3. The minimum absolute atomic E-state index is 0.114. The summed E-state index contributed by atoms with van der Waals surface area (Å²) in [5, 5.41) is 0. The standard InChI is InChI=1S/C26H35N3O4S/c1-19-8-10-29(11-9-19)34(31,32)25-17-22(16-20(2)21(25)3)26(30)28-14-12-27(13-15-28)23-6-5-7-24(18-23)33-4/h5-7,16-19H,8-15H2,1-4H3. The van der Waals surface area contributed by atoms with E-state index in [0.29, 0.717) is 50.7 Å². The van der Waals surface area contributed by atoms with Crippen LogP contribution in [-0.4, -0.2) is 69.9 Å². The summed E-state index contributed by atoms with van der Waals surface area (Å²) < 4.78 is 33.8. The van der Waals surface area contributed by atoms with Crippen molar-refractivity contribution in [2.24, 2.45) is 5.92 Å². The van der Waals surface area contributed by atoms with Gasteiger partial charge in [-0.1, -0.05) is 13.0 Å². The number of aryl methyl sites for hydroxylation is 1. The summed E-state index contributed by atoms with van der Waals surface area (Å²) in [6.45, 7) is 9.51. The highest BCUT2D eigenvalue weighted by molar-refractivity contribution is 7.89. The Labute approximate surface area is 203 Å². The van der Waals surface area contributed by atoms with Crippen LogP contribution in [0.3, 0.4) is 0 Å². The number of ether oxygens (including phenoxy) is 1. The molecule has 0 aromatic heterocycles. The van der Waals surface area contributed by atoms with Gasteiger partial charge in [-0.15, -0.1) is 0 Å². The molecule has 4 rings (SSSR count). The van der Waals surface area contributed by atoms with Crippen molar-refractivity contribution in [3.8, 4) is 5.75 Å². The van der Waals surface area contributed by atoms with Crippen molar-refractivity contribution in [3.05, 3.63) is 53.1 Å². The second-order valence-corrected chi connectivity index (χ2v) is 11.4. The van der Waals surface area contributed by atoms with Crippen molar-refractivity contribution in [3.63, 3.8) is 0 Å². The van der Waals surface area contributed by atoms with Gasteiger partial charge in [0.2, 0.25) is 10.0 Å². The zero-order valence-corrected chi connectivity index (χ0v) is 21.4. The largest absolute Gasteiger partial charge is 0.497 e. The number of carbonyl (C=O) groups excluding carboxylic acids is 1. The van der Waals surface area contributed by atoms with E-state index in [2.05, 4.69) is 11.8 Å². The summed E-state index contributed by atoms with van der Waals surface area (Å²) >= 11 is 0. The molecule has 0 unspecified atom stereocenters. The van der Waals surface area contributed by atoms with Gasteiger partial charge >= 0.3 is 0 Å². The quantitative estimate of drug-likeness (QED) is 0.646. The molecule has 2 fully saturated rings. The highest BCUT2D eigenvalue weighted by Gasteiger charge is 2.31. The van der Waals surface area contributed by atoms with Gasteiger partial charge in [-0.2, -0.15) is 4.31 Å². The monoisotopic (exact) mass is 485 g/mol. The van der Waals surface area contributed by atoms with Crippen molar-refractivity contribution < 1.29 is 17.9 Å². The maximum Gasteiger partial charge on any atom is 0.254 e. The lowest BCUT2D eigenvalue weighted by molar-refractivity contribution is 0.0746. The maximum absolute atomic E-state index is 13.5. The van der Waals surface area contributed by atoms with Crippen molar-refractivity contribution in [1.29, 1.82) is 0 Å². The maximum atomic E-state index is 13.5. The fourth-order valence-electron chi connectivity index (χ4n) is 4.74. The Morgan fingerprint density at radius 2 is 1.65 bits per heavy atom. The molecule has 2 aromatic carbocycles. The van der Waals surface area contributed by atoms with E-state index < -0.39 is 10.0 Å². The molecular weight excluding hydrogens is 450 g/mol. The fraction of sp³-hybridized carbons (Fsp3) is 0.500. The van der Waals surface area contributed by atoms with E-state index in [0.717, 1.165) is 35.4 Å². The summed E-state index contributed by atoms with van der Waals surface area (Å²) in [5.41, 5.74) is 3.06. The number of hydrogen-bond acceptors (Lipinski definition) is 5. The van der Waals surface area contributed by atoms with Gasteiger partial charge in [-0.25, -0.2) is 8.42 Å². The van der Waals surface area contributed by atoms with Gasteiger partial charge in [0.05, 0.1) is 12.0 Å². The van der Waals surface area contributed by atoms with Crippen LogP contribution >= 0.6 is 0 Å². The molecule has 1 amide bonds. The van der Waals surface area contributed by atoms with Crippen LogP contribution in [0.2, 0.25) is 0 Å². The number of piperazine rings is 1. The van der Waals surface area contributed by atoms with Crippen LogP contribution in [-0.2, 0) is 10.0 Å². The average Bonchev–Trinajstić information content (AvgIpc) is 2.85. The van der Waals surface area contributed by atoms with Gasteiger partial charge in [0.15, 0.2) is 0 Å². The normalized spacial score (nSPS) is 18.2. The van der Waals surface area contributed by atoms with Gasteiger partial charge in [0.1, 0.15) is 5.75 Å². The zero-order valence-electron chi connectivity index (χ0n) is 20.6. The van der Waals surface area contributed by atoms with E-state index >= 15 is 0 Å². The lowest BCUT2D eigenvalue weighted by Crippen LogP contribution is -2.48. The molecule has 34 heavy (non-hydrogen) atoms. The molecule has 0 radical (unpaired) electrons. The van der Waals surface area contributed by atoms with Crippen molar-refractivity contribution in [2.45, 2.75) is 38.5 Å². The molecule has 0 N–H and O–H groups in total. The van der Waals surface area contributed by atoms with E-state index in [1.807, 2.05) is 49.1 Å². The first-order valence-electron chi connectivity index (χ1n) is 12.0. The molecule has 0 saturated carbocycles. The second-order valence-electron chi connectivity index (χ2n) is 9.48. The number of anilines is 1. The van der Waals surface area contributed by atoms with Crippen LogP contribution in [0.15, 0.2) is 41.3 Å². The van der Waals surface area contributed by atoms with Gasteiger partial charge in [0.25, 0.3) is 5.91 Å². The van der Waals surface area contributed by atoms with Crippen LogP contribution in [0.25, 0.3) is 0 Å². The molecule has 2 saturated heterocycles. The molecule has 2 aromatic rings. The van der Waals surface area contributed by atoms with Gasteiger partial charge in [-0.05, 0) is 68.0 Å². The number of methoxy groups -OCH3 is 1. The Kier molecular flexibility index (Phi) is 7.19. The number of hydrogen-bond donors (Lipinski definition) is 0. The van der Waals surface area contributed by atoms with E-state index in [9.17, 15) is 13.2 Å². The van der Waals surface area contributed by atoms with Crippen LogP contribution in [0, 0.1) is 19.8 Å². The van der Waals surface area contributed by atoms with Crippen molar-refractivity contribution in [1.82, 2.24) is 9.21 Å². The fourth-order valence-corrected chi connectivity index (χ4v) is 6.53. The van der Waals surface area contributed by atoms with Gasteiger partial charge < -0.3 is 14.5 Å². The summed E-state index contributed by atoms with van der Waals surface area (Å²) in [7, 11) is -1.98. The van der Waals surface area contributed by atoms with Crippen LogP contribution in [0.1, 0.15) is 41.3 Å². The zero-order chi connectivity index (χ0) is 24.5. The minimum atomic E-state index is -3.63. The Hall–Kier alpha value is -2.58. The third kappa shape index (κ3) is 4.93. The van der Waals surface area contributed by atoms with Crippen LogP contribution in [0.4, 0.5) is 5.69 Å². The Morgan fingerprint density at radius 3 is 2.29 bits per heavy atom. The molecule has 0 atom stereocenters. The minimum Gasteiger partial charge on any atom is -0.497 e. The Morgan fingerprint density at radius 1 is 0.971 bits per heavy atom. The number of sulfonamides is 1. The lowest BCUT2D eigenvalue weighted by atomic mass is 10.0. The molecular formula is C26H35N3O4S. The van der Waals surface area contributed by atoms with Gasteiger partial charge in [0, 0.05) is 56.6 Å².